The van der Waals surface area contributed by atoms with Crippen LogP contribution in [0, 0.1) is 0 Å². The van der Waals surface area contributed by atoms with Gasteiger partial charge in [0.2, 0.25) is 0 Å². The number of carbonyl (C=O) groups excluding carboxylic acids is 1. The van der Waals surface area contributed by atoms with Crippen molar-refractivity contribution in [3.05, 3.63) is 71.3 Å². The van der Waals surface area contributed by atoms with Crippen molar-refractivity contribution in [1.29, 1.82) is 0 Å². The lowest BCUT2D eigenvalue weighted by atomic mass is 9.94. The zero-order valence-electron chi connectivity index (χ0n) is 20.3. The monoisotopic (exact) mass is 478 g/mol. The Morgan fingerprint density at radius 3 is 2.59 bits per heavy atom. The highest BCUT2D eigenvalue weighted by atomic mass is 32.2. The molecule has 34 heavy (non-hydrogen) atoms. The van der Waals surface area contributed by atoms with Crippen molar-refractivity contribution < 1.29 is 9.21 Å². The van der Waals surface area contributed by atoms with Gasteiger partial charge in [-0.1, -0.05) is 57.0 Å². The van der Waals surface area contributed by atoms with Gasteiger partial charge in [0.25, 0.3) is 5.91 Å². The van der Waals surface area contributed by atoms with Gasteiger partial charge in [0, 0.05) is 36.2 Å². The van der Waals surface area contributed by atoms with Crippen LogP contribution in [0.25, 0.3) is 0 Å². The van der Waals surface area contributed by atoms with Gasteiger partial charge in [0.15, 0.2) is 5.16 Å². The second-order valence-electron chi connectivity index (χ2n) is 9.24. The first-order valence-electron chi connectivity index (χ1n) is 12.1. The van der Waals surface area contributed by atoms with Crippen molar-refractivity contribution in [1.82, 2.24) is 15.3 Å². The number of hydrogen-bond acceptors (Lipinski definition) is 6. The summed E-state index contributed by atoms with van der Waals surface area (Å²) in [7, 11) is 2.17. The van der Waals surface area contributed by atoms with Gasteiger partial charge in [0.1, 0.15) is 11.6 Å². The van der Waals surface area contributed by atoms with E-state index in [0.29, 0.717) is 24.1 Å². The molecule has 0 unspecified atom stereocenters. The summed E-state index contributed by atoms with van der Waals surface area (Å²) >= 11 is 1.64. The van der Waals surface area contributed by atoms with E-state index in [0.717, 1.165) is 33.7 Å². The fourth-order valence-corrected chi connectivity index (χ4v) is 5.03. The Hall–Kier alpha value is -2.80. The molecule has 4 rings (SSSR count). The molecule has 2 heterocycles. The summed E-state index contributed by atoms with van der Waals surface area (Å²) in [5.74, 6) is 2.75. The Labute approximate surface area is 206 Å². The van der Waals surface area contributed by atoms with E-state index in [9.17, 15) is 4.79 Å². The first-order chi connectivity index (χ1) is 16.5. The molecule has 1 saturated carbocycles. The molecule has 0 spiro atoms. The van der Waals surface area contributed by atoms with Crippen molar-refractivity contribution >= 4 is 23.5 Å². The van der Waals surface area contributed by atoms with E-state index in [-0.39, 0.29) is 5.91 Å². The molecule has 2 aromatic heterocycles. The molecule has 1 aliphatic rings. The summed E-state index contributed by atoms with van der Waals surface area (Å²) in [6, 6.07) is 14.1. The van der Waals surface area contributed by atoms with Crippen LogP contribution in [0.2, 0.25) is 0 Å². The fraction of sp³-hybridized carbons (Fsp3) is 0.444. The normalized spacial score (nSPS) is 14.4. The van der Waals surface area contributed by atoms with Crippen LogP contribution in [-0.2, 0) is 12.3 Å². The van der Waals surface area contributed by atoms with Gasteiger partial charge >= 0.3 is 0 Å². The van der Waals surface area contributed by atoms with Gasteiger partial charge in [-0.25, -0.2) is 9.97 Å². The molecule has 6 nitrogen and oxygen atoms in total. The number of amides is 1. The zero-order valence-corrected chi connectivity index (χ0v) is 21.1. The van der Waals surface area contributed by atoms with Crippen LogP contribution >= 0.6 is 11.8 Å². The molecular formula is C27H34N4O2S. The highest BCUT2D eigenvalue weighted by Gasteiger charge is 2.21. The van der Waals surface area contributed by atoms with Crippen molar-refractivity contribution in [2.45, 2.75) is 75.4 Å². The second kappa shape index (κ2) is 11.6. The van der Waals surface area contributed by atoms with Gasteiger partial charge in [0.05, 0.1) is 12.8 Å². The maximum absolute atomic E-state index is 12.4. The number of nitrogens with zero attached hydrogens (tertiary/aromatic N) is 3. The third-order valence-electron chi connectivity index (χ3n) is 6.37. The number of furan rings is 1. The van der Waals surface area contributed by atoms with Crippen LogP contribution in [0.1, 0.15) is 79.2 Å². The fourth-order valence-electron chi connectivity index (χ4n) is 4.21. The Bertz CT molecular complexity index is 1060. The molecule has 3 aromatic rings. The number of aromatic nitrogens is 2. The third kappa shape index (κ3) is 6.41. The lowest BCUT2D eigenvalue weighted by Gasteiger charge is -2.32. The quantitative estimate of drug-likeness (QED) is 0.292. The minimum atomic E-state index is -0.112. The molecule has 0 saturated heterocycles. The number of thioether (sulfide) groups is 1. The SMILES string of the molecule is CC(C)c1cc(N(C)C2CCCCC2)nc(SCc2ccc(C(=O)NCc3ccco3)cc2)n1. The summed E-state index contributed by atoms with van der Waals surface area (Å²) < 4.78 is 5.26. The van der Waals surface area contributed by atoms with Crippen molar-refractivity contribution in [3.8, 4) is 0 Å². The lowest BCUT2D eigenvalue weighted by molar-refractivity contribution is 0.0948. The minimum absolute atomic E-state index is 0.112. The molecule has 180 valence electrons. The Kier molecular flexibility index (Phi) is 8.27. The number of rotatable bonds is 9. The summed E-state index contributed by atoms with van der Waals surface area (Å²) in [5, 5.41) is 3.69. The summed E-state index contributed by atoms with van der Waals surface area (Å²) in [6.07, 6.45) is 8.02. The largest absolute Gasteiger partial charge is 0.467 e. The van der Waals surface area contributed by atoms with Gasteiger partial charge in [-0.05, 0) is 48.6 Å². The van der Waals surface area contributed by atoms with E-state index in [1.54, 1.807) is 18.0 Å². The predicted molar refractivity (Wildman–Crippen MR) is 137 cm³/mol. The molecule has 1 fully saturated rings. The molecule has 0 aliphatic heterocycles. The summed E-state index contributed by atoms with van der Waals surface area (Å²) in [4.78, 5) is 24.5. The van der Waals surface area contributed by atoms with Crippen molar-refractivity contribution in [2.75, 3.05) is 11.9 Å². The van der Waals surface area contributed by atoms with E-state index in [2.05, 4.69) is 37.2 Å². The molecular weight excluding hydrogens is 444 g/mol. The van der Waals surface area contributed by atoms with Gasteiger partial charge < -0.3 is 14.6 Å². The molecule has 0 atom stereocenters. The second-order valence-corrected chi connectivity index (χ2v) is 10.2. The number of nitrogens with one attached hydrogen (secondary N) is 1. The van der Waals surface area contributed by atoms with Gasteiger partial charge in [-0.15, -0.1) is 0 Å². The van der Waals surface area contributed by atoms with E-state index in [1.165, 1.54) is 32.1 Å². The molecule has 1 aromatic carbocycles. The molecule has 0 radical (unpaired) electrons. The Morgan fingerprint density at radius 1 is 1.15 bits per heavy atom. The van der Waals surface area contributed by atoms with E-state index < -0.39 is 0 Å². The van der Waals surface area contributed by atoms with Crippen LogP contribution < -0.4 is 10.2 Å². The average Bonchev–Trinajstić information content (AvgIpc) is 3.40. The molecule has 1 aliphatic carbocycles. The van der Waals surface area contributed by atoms with E-state index >= 15 is 0 Å². The van der Waals surface area contributed by atoms with Crippen molar-refractivity contribution in [2.24, 2.45) is 0 Å². The van der Waals surface area contributed by atoms with Crippen molar-refractivity contribution in [3.63, 3.8) is 0 Å². The average molecular weight is 479 g/mol. The molecule has 1 amide bonds. The van der Waals surface area contributed by atoms with Crippen LogP contribution in [0.15, 0.2) is 58.3 Å². The highest BCUT2D eigenvalue weighted by molar-refractivity contribution is 7.98. The molecule has 7 heteroatoms. The summed E-state index contributed by atoms with van der Waals surface area (Å²) in [5.41, 5.74) is 2.85. The zero-order chi connectivity index (χ0) is 23.9. The lowest BCUT2D eigenvalue weighted by Crippen LogP contribution is -2.34. The van der Waals surface area contributed by atoms with Crippen LogP contribution in [0.3, 0.4) is 0 Å². The predicted octanol–water partition coefficient (Wildman–Crippen LogP) is 6.18. The first kappa shape index (κ1) is 24.3. The molecule has 1 N–H and O–H groups in total. The highest BCUT2D eigenvalue weighted by Crippen LogP contribution is 2.29. The maximum Gasteiger partial charge on any atom is 0.251 e. The number of anilines is 1. The maximum atomic E-state index is 12.4. The van der Waals surface area contributed by atoms with Gasteiger partial charge in [-0.2, -0.15) is 0 Å². The standard InChI is InChI=1S/C27H34N4O2S/c1-19(2)24-16-25(31(3)22-8-5-4-6-9-22)30-27(29-24)34-18-20-11-13-21(14-12-20)26(32)28-17-23-10-7-15-33-23/h7,10-16,19,22H,4-6,8-9,17-18H2,1-3H3,(H,28,32). The molecule has 0 bridgehead atoms. The van der Waals surface area contributed by atoms with Gasteiger partial charge in [-0.3, -0.25) is 4.79 Å². The number of hydrogen-bond donors (Lipinski definition) is 1. The minimum Gasteiger partial charge on any atom is -0.467 e. The smallest absolute Gasteiger partial charge is 0.251 e. The Morgan fingerprint density at radius 2 is 1.91 bits per heavy atom. The number of carbonyl (C=O) groups is 1. The number of benzene rings is 1. The van der Waals surface area contributed by atoms with Crippen LogP contribution in [-0.4, -0.2) is 29.0 Å². The van der Waals surface area contributed by atoms with E-state index in [4.69, 9.17) is 14.4 Å². The summed E-state index contributed by atoms with van der Waals surface area (Å²) in [6.45, 7) is 4.73. The topological polar surface area (TPSA) is 71.3 Å². The van der Waals surface area contributed by atoms with E-state index in [1.807, 2.05) is 36.4 Å². The first-order valence-corrected chi connectivity index (χ1v) is 13.1. The third-order valence-corrected chi connectivity index (χ3v) is 7.29. The van der Waals surface area contributed by atoms with Crippen LogP contribution in [0.4, 0.5) is 5.82 Å². The van der Waals surface area contributed by atoms with Crippen LogP contribution in [0.5, 0.6) is 0 Å². The Balaban J connectivity index is 1.39.